The van der Waals surface area contributed by atoms with Gasteiger partial charge in [0.05, 0.1) is 4.88 Å². The van der Waals surface area contributed by atoms with Gasteiger partial charge in [-0.15, -0.1) is 11.3 Å². The fraction of sp³-hybridized carbons (Fsp3) is 0.250. The highest BCUT2D eigenvalue weighted by Gasteiger charge is 2.22. The first-order chi connectivity index (χ1) is 7.84. The SMILES string of the molecule is O=C(c1cccs1)N1CCc2[nH]ccc2C1. The molecule has 2 aromatic heterocycles. The number of amides is 1. The van der Waals surface area contributed by atoms with Gasteiger partial charge in [-0.25, -0.2) is 0 Å². The molecule has 4 heteroatoms. The molecule has 0 saturated carbocycles. The Hall–Kier alpha value is -1.55. The fourth-order valence-corrected chi connectivity index (χ4v) is 2.77. The van der Waals surface area contributed by atoms with Crippen LogP contribution < -0.4 is 0 Å². The highest BCUT2D eigenvalue weighted by Crippen LogP contribution is 2.20. The first-order valence-electron chi connectivity index (χ1n) is 5.32. The van der Waals surface area contributed by atoms with E-state index in [0.29, 0.717) is 0 Å². The van der Waals surface area contributed by atoms with Crippen molar-refractivity contribution >= 4 is 17.2 Å². The number of thiophene rings is 1. The van der Waals surface area contributed by atoms with E-state index >= 15 is 0 Å². The minimum atomic E-state index is 0.154. The largest absolute Gasteiger partial charge is 0.365 e. The fourth-order valence-electron chi connectivity index (χ4n) is 2.08. The lowest BCUT2D eigenvalue weighted by Gasteiger charge is -2.26. The van der Waals surface area contributed by atoms with Gasteiger partial charge in [0.25, 0.3) is 5.91 Å². The van der Waals surface area contributed by atoms with Gasteiger partial charge in [0.2, 0.25) is 0 Å². The van der Waals surface area contributed by atoms with Gasteiger partial charge in [0.1, 0.15) is 0 Å². The number of hydrogen-bond donors (Lipinski definition) is 1. The van der Waals surface area contributed by atoms with Crippen molar-refractivity contribution in [1.29, 1.82) is 0 Å². The molecule has 0 aromatic carbocycles. The number of fused-ring (bicyclic) bond motifs is 1. The van der Waals surface area contributed by atoms with Gasteiger partial charge < -0.3 is 9.88 Å². The van der Waals surface area contributed by atoms with Crippen molar-refractivity contribution in [3.05, 3.63) is 45.9 Å². The van der Waals surface area contributed by atoms with Crippen LogP contribution in [0.1, 0.15) is 20.9 Å². The van der Waals surface area contributed by atoms with E-state index in [1.165, 1.54) is 22.6 Å². The van der Waals surface area contributed by atoms with Crippen molar-refractivity contribution in [3.8, 4) is 0 Å². The van der Waals surface area contributed by atoms with Gasteiger partial charge in [-0.05, 0) is 23.1 Å². The topological polar surface area (TPSA) is 36.1 Å². The summed E-state index contributed by atoms with van der Waals surface area (Å²) < 4.78 is 0. The van der Waals surface area contributed by atoms with Crippen molar-refractivity contribution in [1.82, 2.24) is 9.88 Å². The molecule has 0 bridgehead atoms. The summed E-state index contributed by atoms with van der Waals surface area (Å²) in [5.74, 6) is 0.154. The summed E-state index contributed by atoms with van der Waals surface area (Å²) in [5.41, 5.74) is 2.52. The average Bonchev–Trinajstić information content (AvgIpc) is 2.98. The summed E-state index contributed by atoms with van der Waals surface area (Å²) in [7, 11) is 0. The second kappa shape index (κ2) is 3.79. The molecule has 3 rings (SSSR count). The van der Waals surface area contributed by atoms with Crippen LogP contribution in [0.25, 0.3) is 0 Å². The van der Waals surface area contributed by atoms with E-state index in [0.717, 1.165) is 24.4 Å². The minimum absolute atomic E-state index is 0.154. The van der Waals surface area contributed by atoms with Crippen LogP contribution in [0.5, 0.6) is 0 Å². The smallest absolute Gasteiger partial charge is 0.264 e. The van der Waals surface area contributed by atoms with Gasteiger partial charge >= 0.3 is 0 Å². The zero-order valence-corrected chi connectivity index (χ0v) is 9.59. The van der Waals surface area contributed by atoms with Crippen LogP contribution in [0.15, 0.2) is 29.8 Å². The maximum absolute atomic E-state index is 12.1. The van der Waals surface area contributed by atoms with Gasteiger partial charge in [0, 0.05) is 31.4 Å². The van der Waals surface area contributed by atoms with Crippen LogP contribution in [-0.4, -0.2) is 22.3 Å². The lowest BCUT2D eigenvalue weighted by atomic mass is 10.1. The van der Waals surface area contributed by atoms with Crippen molar-refractivity contribution in [2.45, 2.75) is 13.0 Å². The molecule has 3 nitrogen and oxygen atoms in total. The molecule has 1 amide bonds. The lowest BCUT2D eigenvalue weighted by Crippen LogP contribution is -2.35. The van der Waals surface area contributed by atoms with E-state index in [1.807, 2.05) is 28.6 Å². The highest BCUT2D eigenvalue weighted by atomic mass is 32.1. The van der Waals surface area contributed by atoms with E-state index in [2.05, 4.69) is 11.1 Å². The van der Waals surface area contributed by atoms with Gasteiger partial charge in [-0.2, -0.15) is 0 Å². The van der Waals surface area contributed by atoms with Crippen LogP contribution in [0, 0.1) is 0 Å². The van der Waals surface area contributed by atoms with E-state index < -0.39 is 0 Å². The third-order valence-electron chi connectivity index (χ3n) is 2.94. The van der Waals surface area contributed by atoms with Crippen LogP contribution >= 0.6 is 11.3 Å². The maximum atomic E-state index is 12.1. The Labute approximate surface area is 97.7 Å². The highest BCUT2D eigenvalue weighted by molar-refractivity contribution is 7.12. The number of rotatable bonds is 1. The molecule has 0 spiro atoms. The van der Waals surface area contributed by atoms with Crippen molar-refractivity contribution in [2.24, 2.45) is 0 Å². The zero-order valence-electron chi connectivity index (χ0n) is 8.77. The summed E-state index contributed by atoms with van der Waals surface area (Å²) in [6.07, 6.45) is 2.88. The molecule has 0 atom stereocenters. The summed E-state index contributed by atoms with van der Waals surface area (Å²) in [5, 5.41) is 1.94. The van der Waals surface area contributed by atoms with E-state index in [9.17, 15) is 4.79 Å². The Morgan fingerprint density at radius 2 is 2.38 bits per heavy atom. The summed E-state index contributed by atoms with van der Waals surface area (Å²) in [6.45, 7) is 1.54. The lowest BCUT2D eigenvalue weighted by molar-refractivity contribution is 0.0739. The van der Waals surface area contributed by atoms with Gasteiger partial charge in [-0.3, -0.25) is 4.79 Å². The molecule has 0 unspecified atom stereocenters. The summed E-state index contributed by atoms with van der Waals surface area (Å²) in [4.78, 5) is 18.1. The van der Waals surface area contributed by atoms with Crippen LogP contribution in [0.3, 0.4) is 0 Å². The predicted octanol–water partition coefficient (Wildman–Crippen LogP) is 2.27. The summed E-state index contributed by atoms with van der Waals surface area (Å²) in [6, 6.07) is 5.87. The van der Waals surface area contributed by atoms with Crippen LogP contribution in [0.2, 0.25) is 0 Å². The summed E-state index contributed by atoms with van der Waals surface area (Å²) >= 11 is 1.51. The van der Waals surface area contributed by atoms with Crippen molar-refractivity contribution < 1.29 is 4.79 Å². The number of nitrogens with zero attached hydrogens (tertiary/aromatic N) is 1. The monoisotopic (exact) mass is 232 g/mol. The minimum Gasteiger partial charge on any atom is -0.365 e. The molecule has 0 saturated heterocycles. The number of nitrogens with one attached hydrogen (secondary N) is 1. The number of hydrogen-bond acceptors (Lipinski definition) is 2. The molecule has 0 radical (unpaired) electrons. The standard InChI is InChI=1S/C12H12N2OS/c15-12(11-2-1-7-16-11)14-6-4-10-9(8-14)3-5-13-10/h1-3,5,7,13H,4,6,8H2. The Kier molecular flexibility index (Phi) is 2.29. The third-order valence-corrected chi connectivity index (χ3v) is 3.80. The molecular formula is C12H12N2OS. The van der Waals surface area contributed by atoms with Crippen molar-refractivity contribution in [3.63, 3.8) is 0 Å². The van der Waals surface area contributed by atoms with Crippen LogP contribution in [0.4, 0.5) is 0 Å². The normalized spacial score (nSPS) is 14.9. The molecule has 16 heavy (non-hydrogen) atoms. The molecule has 82 valence electrons. The number of aromatic amines is 1. The predicted molar refractivity (Wildman–Crippen MR) is 63.6 cm³/mol. The molecule has 3 heterocycles. The molecule has 2 aromatic rings. The van der Waals surface area contributed by atoms with E-state index in [4.69, 9.17) is 0 Å². The molecule has 1 aliphatic heterocycles. The quantitative estimate of drug-likeness (QED) is 0.804. The molecule has 0 aliphatic carbocycles. The Balaban J connectivity index is 1.81. The second-order valence-corrected chi connectivity index (χ2v) is 4.88. The van der Waals surface area contributed by atoms with Crippen LogP contribution in [-0.2, 0) is 13.0 Å². The molecule has 1 aliphatic rings. The van der Waals surface area contributed by atoms with E-state index in [-0.39, 0.29) is 5.91 Å². The van der Waals surface area contributed by atoms with Crippen molar-refractivity contribution in [2.75, 3.05) is 6.54 Å². The Bertz CT molecular complexity index is 501. The third kappa shape index (κ3) is 1.55. The number of carbonyl (C=O) groups excluding carboxylic acids is 1. The number of aromatic nitrogens is 1. The number of carbonyl (C=O) groups is 1. The Morgan fingerprint density at radius 3 is 3.19 bits per heavy atom. The maximum Gasteiger partial charge on any atom is 0.264 e. The van der Waals surface area contributed by atoms with Gasteiger partial charge in [0.15, 0.2) is 0 Å². The number of H-pyrrole nitrogens is 1. The molecule has 0 fully saturated rings. The Morgan fingerprint density at radius 1 is 1.44 bits per heavy atom. The average molecular weight is 232 g/mol. The van der Waals surface area contributed by atoms with E-state index in [1.54, 1.807) is 0 Å². The first kappa shape index (κ1) is 9.66. The molecular weight excluding hydrogens is 220 g/mol. The second-order valence-electron chi connectivity index (χ2n) is 3.94. The first-order valence-corrected chi connectivity index (χ1v) is 6.20. The molecule has 1 N–H and O–H groups in total. The zero-order chi connectivity index (χ0) is 11.0. The van der Waals surface area contributed by atoms with Gasteiger partial charge in [-0.1, -0.05) is 6.07 Å².